The molecule has 7 nitrogen and oxygen atoms in total. The van der Waals surface area contributed by atoms with Gasteiger partial charge in [-0.05, 0) is 26.7 Å². The molecule has 1 saturated heterocycles. The van der Waals surface area contributed by atoms with Crippen LogP contribution < -0.4 is 5.32 Å². The molecular weight excluding hydrogens is 362 g/mol. The fourth-order valence-corrected chi connectivity index (χ4v) is 3.98. The number of aromatic nitrogens is 1. The molecule has 0 atom stereocenters. The highest BCUT2D eigenvalue weighted by atomic mass is 32.1. The number of thiazole rings is 1. The Morgan fingerprint density at radius 1 is 1.19 bits per heavy atom. The first-order valence-corrected chi connectivity index (χ1v) is 10.8. The average Bonchev–Trinajstić information content (AvgIpc) is 3.09. The van der Waals surface area contributed by atoms with Gasteiger partial charge in [-0.2, -0.15) is 0 Å². The smallest absolute Gasteiger partial charge is 0.273 e. The van der Waals surface area contributed by atoms with Gasteiger partial charge in [-0.1, -0.05) is 13.8 Å². The molecule has 0 radical (unpaired) electrons. The van der Waals surface area contributed by atoms with Crippen molar-refractivity contribution >= 4 is 28.3 Å². The number of piperazine rings is 1. The summed E-state index contributed by atoms with van der Waals surface area (Å²) in [6.45, 7) is 13.1. The van der Waals surface area contributed by atoms with E-state index in [9.17, 15) is 9.59 Å². The normalized spacial score (nSPS) is 15.2. The number of amides is 2. The molecule has 0 spiro atoms. The topological polar surface area (TPSA) is 68.8 Å². The summed E-state index contributed by atoms with van der Waals surface area (Å²) >= 11 is 1.46. The third-order valence-electron chi connectivity index (χ3n) is 4.49. The van der Waals surface area contributed by atoms with E-state index in [1.165, 1.54) is 11.3 Å². The van der Waals surface area contributed by atoms with E-state index in [2.05, 4.69) is 29.0 Å². The van der Waals surface area contributed by atoms with Crippen molar-refractivity contribution in [2.24, 2.45) is 0 Å². The van der Waals surface area contributed by atoms with Gasteiger partial charge in [0.25, 0.3) is 5.91 Å². The first-order valence-electron chi connectivity index (χ1n) is 9.96. The molecule has 8 heteroatoms. The Hall–Kier alpha value is -1.67. The zero-order chi connectivity index (χ0) is 19.8. The fourth-order valence-electron chi connectivity index (χ4n) is 3.15. The van der Waals surface area contributed by atoms with Gasteiger partial charge in [-0.25, -0.2) is 4.98 Å². The predicted octanol–water partition coefficient (Wildman–Crippen LogP) is 2.37. The van der Waals surface area contributed by atoms with Gasteiger partial charge in [0.2, 0.25) is 5.91 Å². The monoisotopic (exact) mass is 395 g/mol. The molecule has 2 rings (SSSR count). The van der Waals surface area contributed by atoms with Gasteiger partial charge in [0, 0.05) is 50.7 Å². The minimum Gasteiger partial charge on any atom is -0.359 e. The minimum atomic E-state index is -0.0207. The molecule has 1 N–H and O–H groups in total. The quantitative estimate of drug-likeness (QED) is 0.695. The second-order valence-electron chi connectivity index (χ2n) is 7.29. The second kappa shape index (κ2) is 10.6. The lowest BCUT2D eigenvalue weighted by Gasteiger charge is -2.35. The Balaban J connectivity index is 1.83. The van der Waals surface area contributed by atoms with Crippen molar-refractivity contribution in [2.75, 3.05) is 51.1 Å². The molecule has 1 aromatic heterocycles. The standard InChI is InChI=1S/C19H33N5O2S/c1-5-7-23(8-6-2)17(25)13-22-9-11-24(12-10-22)18(26)16-14-27-19(21-16)20-15(3)4/h14-15H,5-13H2,1-4H3,(H,20,21). The molecule has 1 fully saturated rings. The van der Waals surface area contributed by atoms with Gasteiger partial charge in [0.05, 0.1) is 6.54 Å². The second-order valence-corrected chi connectivity index (χ2v) is 8.14. The van der Waals surface area contributed by atoms with Crippen LogP contribution in [0.2, 0.25) is 0 Å². The third-order valence-corrected chi connectivity index (χ3v) is 5.27. The Morgan fingerprint density at radius 3 is 2.37 bits per heavy atom. The zero-order valence-electron chi connectivity index (χ0n) is 17.0. The van der Waals surface area contributed by atoms with E-state index in [1.807, 2.05) is 29.0 Å². The summed E-state index contributed by atoms with van der Waals surface area (Å²) in [7, 11) is 0. The van der Waals surface area contributed by atoms with Crippen molar-refractivity contribution in [3.63, 3.8) is 0 Å². The molecule has 0 unspecified atom stereocenters. The molecule has 1 aliphatic rings. The summed E-state index contributed by atoms with van der Waals surface area (Å²) < 4.78 is 0. The van der Waals surface area contributed by atoms with Crippen LogP contribution in [0.4, 0.5) is 5.13 Å². The van der Waals surface area contributed by atoms with E-state index >= 15 is 0 Å². The molecule has 1 aromatic rings. The van der Waals surface area contributed by atoms with Crippen LogP contribution in [0, 0.1) is 0 Å². The third kappa shape index (κ3) is 6.46. The summed E-state index contributed by atoms with van der Waals surface area (Å²) in [5, 5.41) is 5.83. The highest BCUT2D eigenvalue weighted by Gasteiger charge is 2.25. The lowest BCUT2D eigenvalue weighted by atomic mass is 10.2. The molecule has 0 aromatic carbocycles. The number of anilines is 1. The first-order chi connectivity index (χ1) is 12.9. The van der Waals surface area contributed by atoms with Crippen LogP contribution in [0.3, 0.4) is 0 Å². The molecule has 0 bridgehead atoms. The average molecular weight is 396 g/mol. The van der Waals surface area contributed by atoms with Crippen molar-refractivity contribution in [1.29, 1.82) is 0 Å². The number of carbonyl (C=O) groups is 2. The SMILES string of the molecule is CCCN(CCC)C(=O)CN1CCN(C(=O)c2csc(NC(C)C)n2)CC1. The Bertz CT molecular complexity index is 605. The van der Waals surface area contributed by atoms with Gasteiger partial charge in [-0.15, -0.1) is 11.3 Å². The largest absolute Gasteiger partial charge is 0.359 e. The minimum absolute atomic E-state index is 0.0207. The highest BCUT2D eigenvalue weighted by molar-refractivity contribution is 7.13. The van der Waals surface area contributed by atoms with E-state index in [0.717, 1.165) is 44.2 Å². The van der Waals surface area contributed by atoms with E-state index in [4.69, 9.17) is 0 Å². The van der Waals surface area contributed by atoms with Crippen molar-refractivity contribution in [3.8, 4) is 0 Å². The maximum absolute atomic E-state index is 12.7. The molecule has 2 heterocycles. The van der Waals surface area contributed by atoms with Gasteiger partial charge in [-0.3, -0.25) is 14.5 Å². The molecule has 0 saturated carbocycles. The molecule has 2 amide bonds. The van der Waals surface area contributed by atoms with Crippen molar-refractivity contribution in [1.82, 2.24) is 19.7 Å². The fraction of sp³-hybridized carbons (Fsp3) is 0.737. The highest BCUT2D eigenvalue weighted by Crippen LogP contribution is 2.18. The number of hydrogen-bond donors (Lipinski definition) is 1. The van der Waals surface area contributed by atoms with Crippen LogP contribution in [0.15, 0.2) is 5.38 Å². The zero-order valence-corrected chi connectivity index (χ0v) is 17.8. The van der Waals surface area contributed by atoms with E-state index in [-0.39, 0.29) is 11.8 Å². The summed E-state index contributed by atoms with van der Waals surface area (Å²) in [6, 6.07) is 0.292. The summed E-state index contributed by atoms with van der Waals surface area (Å²) in [6.07, 6.45) is 1.96. The molecule has 27 heavy (non-hydrogen) atoms. The molecule has 1 aliphatic heterocycles. The number of hydrogen-bond acceptors (Lipinski definition) is 6. The molecule has 0 aliphatic carbocycles. The van der Waals surface area contributed by atoms with E-state index in [1.54, 1.807) is 0 Å². The van der Waals surface area contributed by atoms with Crippen LogP contribution in [-0.4, -0.2) is 83.4 Å². The number of nitrogens with one attached hydrogen (secondary N) is 1. The predicted molar refractivity (Wildman–Crippen MR) is 110 cm³/mol. The van der Waals surface area contributed by atoms with Crippen LogP contribution in [0.5, 0.6) is 0 Å². The Kier molecular flexibility index (Phi) is 8.50. The van der Waals surface area contributed by atoms with Gasteiger partial charge < -0.3 is 15.1 Å². The maximum Gasteiger partial charge on any atom is 0.273 e. The summed E-state index contributed by atoms with van der Waals surface area (Å²) in [5.74, 6) is 0.176. The van der Waals surface area contributed by atoms with Gasteiger partial charge in [0.15, 0.2) is 5.13 Å². The van der Waals surface area contributed by atoms with Crippen LogP contribution in [0.25, 0.3) is 0 Å². The van der Waals surface area contributed by atoms with Crippen molar-refractivity contribution < 1.29 is 9.59 Å². The van der Waals surface area contributed by atoms with E-state index < -0.39 is 0 Å². The first kappa shape index (κ1) is 21.6. The Labute approximate surface area is 166 Å². The summed E-state index contributed by atoms with van der Waals surface area (Å²) in [4.78, 5) is 35.5. The molecular formula is C19H33N5O2S. The molecule has 152 valence electrons. The summed E-state index contributed by atoms with van der Waals surface area (Å²) in [5.41, 5.74) is 0.504. The maximum atomic E-state index is 12.7. The van der Waals surface area contributed by atoms with Crippen LogP contribution in [-0.2, 0) is 4.79 Å². The number of nitrogens with zero attached hydrogens (tertiary/aromatic N) is 4. The van der Waals surface area contributed by atoms with Crippen molar-refractivity contribution in [3.05, 3.63) is 11.1 Å². The number of carbonyl (C=O) groups excluding carboxylic acids is 2. The van der Waals surface area contributed by atoms with Crippen LogP contribution in [0.1, 0.15) is 51.0 Å². The number of rotatable bonds is 9. The van der Waals surface area contributed by atoms with Crippen molar-refractivity contribution in [2.45, 2.75) is 46.6 Å². The lowest BCUT2D eigenvalue weighted by Crippen LogP contribution is -2.51. The lowest BCUT2D eigenvalue weighted by molar-refractivity contribution is -0.132. The van der Waals surface area contributed by atoms with E-state index in [0.29, 0.717) is 31.4 Å². The van der Waals surface area contributed by atoms with Gasteiger partial charge >= 0.3 is 0 Å². The Morgan fingerprint density at radius 2 is 1.81 bits per heavy atom. The van der Waals surface area contributed by atoms with Gasteiger partial charge in [0.1, 0.15) is 5.69 Å². The van der Waals surface area contributed by atoms with Crippen LogP contribution >= 0.6 is 11.3 Å².